The lowest BCUT2D eigenvalue weighted by atomic mass is 10.2. The van der Waals surface area contributed by atoms with E-state index in [1.54, 1.807) is 36.4 Å². The van der Waals surface area contributed by atoms with E-state index in [9.17, 15) is 14.4 Å². The van der Waals surface area contributed by atoms with Gasteiger partial charge in [-0.25, -0.2) is 5.43 Å². The molecule has 0 aromatic heterocycles. The van der Waals surface area contributed by atoms with Crippen molar-refractivity contribution in [2.24, 2.45) is 5.10 Å². The van der Waals surface area contributed by atoms with E-state index in [2.05, 4.69) is 21.2 Å². The van der Waals surface area contributed by atoms with Gasteiger partial charge in [0.25, 0.3) is 5.91 Å². The number of rotatable bonds is 9. The fraction of sp³-hybridized carbons (Fsp3) is 0.304. The van der Waals surface area contributed by atoms with E-state index in [0.29, 0.717) is 37.9 Å². The molecule has 0 spiro atoms. The molecule has 3 amide bonds. The van der Waals surface area contributed by atoms with Gasteiger partial charge < -0.3 is 24.8 Å². The second kappa shape index (κ2) is 13.3. The molecule has 1 saturated heterocycles. The molecular formula is C23H24ClIN4O6. The number of nitrogens with one attached hydrogen (secondary N) is 3. The highest BCUT2D eigenvalue weighted by molar-refractivity contribution is 14.1. The minimum Gasteiger partial charge on any atom is -0.493 e. The van der Waals surface area contributed by atoms with Crippen LogP contribution in [0, 0.1) is 3.57 Å². The maximum absolute atomic E-state index is 12.3. The molecule has 0 unspecified atom stereocenters. The van der Waals surface area contributed by atoms with Gasteiger partial charge in [-0.3, -0.25) is 14.4 Å². The lowest BCUT2D eigenvalue weighted by Gasteiger charge is -2.14. The molecule has 1 atom stereocenters. The first kappa shape index (κ1) is 26.7. The van der Waals surface area contributed by atoms with Crippen LogP contribution in [-0.4, -0.2) is 56.9 Å². The number of hydrogen-bond acceptors (Lipinski definition) is 7. The van der Waals surface area contributed by atoms with E-state index in [4.69, 9.17) is 25.8 Å². The van der Waals surface area contributed by atoms with Crippen molar-refractivity contribution in [3.63, 3.8) is 0 Å². The summed E-state index contributed by atoms with van der Waals surface area (Å²) in [5.74, 6) is -1.32. The fourth-order valence-corrected chi connectivity index (χ4v) is 4.11. The maximum atomic E-state index is 12.3. The molecule has 10 nitrogen and oxygen atoms in total. The summed E-state index contributed by atoms with van der Waals surface area (Å²) in [6.45, 7) is 0.685. The smallest absolute Gasteiger partial charge is 0.329 e. The highest BCUT2D eigenvalue weighted by Crippen LogP contribution is 2.33. The molecule has 0 aliphatic carbocycles. The van der Waals surface area contributed by atoms with E-state index >= 15 is 0 Å². The number of hydrazone groups is 1. The molecule has 0 radical (unpaired) electrons. The number of amides is 3. The summed E-state index contributed by atoms with van der Waals surface area (Å²) >= 11 is 8.09. The number of anilines is 1. The molecule has 3 N–H and O–H groups in total. The van der Waals surface area contributed by atoms with Crippen LogP contribution in [0.3, 0.4) is 0 Å². The number of carbonyl (C=O) groups excluding carboxylic acids is 3. The number of nitrogens with zero attached hydrogens (tertiary/aromatic N) is 1. The van der Waals surface area contributed by atoms with E-state index in [1.807, 2.05) is 22.6 Å². The highest BCUT2D eigenvalue weighted by Gasteiger charge is 2.19. The molecular weight excluding hydrogens is 591 g/mol. The molecule has 1 aliphatic rings. The Morgan fingerprint density at radius 2 is 2.06 bits per heavy atom. The zero-order valence-electron chi connectivity index (χ0n) is 18.8. The van der Waals surface area contributed by atoms with Gasteiger partial charge in [0.1, 0.15) is 0 Å². The van der Waals surface area contributed by atoms with Gasteiger partial charge in [-0.1, -0.05) is 23.7 Å². The molecule has 0 bridgehead atoms. The average Bonchev–Trinajstić information content (AvgIpc) is 3.36. The summed E-state index contributed by atoms with van der Waals surface area (Å²) in [5.41, 5.74) is 3.25. The molecule has 2 aromatic rings. The number of carbonyl (C=O) groups is 3. The van der Waals surface area contributed by atoms with E-state index in [0.717, 1.165) is 12.8 Å². The normalized spacial score (nSPS) is 15.0. The standard InChI is InChI=1S/C23H24ClIN4O6/c1-33-19-10-14(11-27-29-23(32)22(31)26-12-15-5-4-8-34-15)9-17(25)21(19)35-13-20(30)28-18-7-3-2-6-16(18)24/h2-3,6-7,9-11,15H,4-5,8,12-13H2,1H3,(H,26,31)(H,28,30)(H,29,32)/b27-11-/t15-/m0/s1. The van der Waals surface area contributed by atoms with Crippen LogP contribution >= 0.6 is 34.2 Å². The monoisotopic (exact) mass is 614 g/mol. The Hall–Kier alpha value is -2.90. The first-order chi connectivity index (χ1) is 16.9. The van der Waals surface area contributed by atoms with Crippen LogP contribution in [0.15, 0.2) is 41.5 Å². The van der Waals surface area contributed by atoms with Crippen LogP contribution in [0.2, 0.25) is 5.02 Å². The summed E-state index contributed by atoms with van der Waals surface area (Å²) in [5, 5.41) is 9.45. The van der Waals surface area contributed by atoms with Crippen LogP contribution in [0.4, 0.5) is 5.69 Å². The fourth-order valence-electron chi connectivity index (χ4n) is 3.15. The SMILES string of the molecule is COc1cc(/C=N\NC(=O)C(=O)NC[C@@H]2CCCO2)cc(I)c1OCC(=O)Nc1ccccc1Cl. The Kier molecular flexibility index (Phi) is 10.1. The maximum Gasteiger partial charge on any atom is 0.329 e. The number of halogens is 2. The van der Waals surface area contributed by atoms with Crippen molar-refractivity contribution >= 4 is 63.8 Å². The summed E-state index contributed by atoms with van der Waals surface area (Å²) in [6, 6.07) is 10.2. The minimum atomic E-state index is -0.884. The van der Waals surface area contributed by atoms with Crippen molar-refractivity contribution in [2.75, 3.05) is 32.2 Å². The lowest BCUT2D eigenvalue weighted by Crippen LogP contribution is -2.41. The van der Waals surface area contributed by atoms with Gasteiger partial charge in [0.15, 0.2) is 18.1 Å². The second-order valence-corrected chi connectivity index (χ2v) is 8.96. The van der Waals surface area contributed by atoms with Crippen molar-refractivity contribution in [3.8, 4) is 11.5 Å². The van der Waals surface area contributed by atoms with Crippen LogP contribution in [-0.2, 0) is 19.1 Å². The number of benzene rings is 2. The van der Waals surface area contributed by atoms with Gasteiger partial charge in [0.05, 0.1) is 33.7 Å². The third-order valence-corrected chi connectivity index (χ3v) is 5.98. The molecule has 1 aliphatic heterocycles. The van der Waals surface area contributed by atoms with Crippen molar-refractivity contribution in [2.45, 2.75) is 18.9 Å². The third kappa shape index (κ3) is 8.08. The molecule has 1 heterocycles. The largest absolute Gasteiger partial charge is 0.493 e. The van der Waals surface area contributed by atoms with Crippen LogP contribution < -0.4 is 25.5 Å². The van der Waals surface area contributed by atoms with Crippen molar-refractivity contribution in [1.82, 2.24) is 10.7 Å². The molecule has 0 saturated carbocycles. The zero-order chi connectivity index (χ0) is 25.2. The average molecular weight is 615 g/mol. The van der Waals surface area contributed by atoms with Gasteiger partial charge in [0.2, 0.25) is 0 Å². The Morgan fingerprint density at radius 3 is 2.77 bits per heavy atom. The first-order valence-electron chi connectivity index (χ1n) is 10.6. The van der Waals surface area contributed by atoms with Crippen LogP contribution in [0.1, 0.15) is 18.4 Å². The molecule has 12 heteroatoms. The molecule has 3 rings (SSSR count). The molecule has 186 valence electrons. The summed E-state index contributed by atoms with van der Waals surface area (Å²) in [4.78, 5) is 36.0. The van der Waals surface area contributed by atoms with Crippen molar-refractivity contribution in [1.29, 1.82) is 0 Å². The third-order valence-electron chi connectivity index (χ3n) is 4.85. The van der Waals surface area contributed by atoms with Crippen LogP contribution in [0.5, 0.6) is 11.5 Å². The first-order valence-corrected chi connectivity index (χ1v) is 12.1. The number of hydrogen-bond donors (Lipinski definition) is 3. The van der Waals surface area contributed by atoms with Crippen LogP contribution in [0.25, 0.3) is 0 Å². The molecule has 1 fully saturated rings. The predicted molar refractivity (Wildman–Crippen MR) is 139 cm³/mol. The minimum absolute atomic E-state index is 0.0623. The lowest BCUT2D eigenvalue weighted by molar-refractivity contribution is -0.139. The molecule has 2 aromatic carbocycles. The summed E-state index contributed by atoms with van der Waals surface area (Å²) < 4.78 is 17.1. The quantitative estimate of drug-likeness (QED) is 0.173. The van der Waals surface area contributed by atoms with Gasteiger partial charge in [-0.05, 0) is 65.3 Å². The Balaban J connectivity index is 1.53. The Labute approximate surface area is 220 Å². The van der Waals surface area contributed by atoms with Crippen molar-refractivity contribution in [3.05, 3.63) is 50.6 Å². The van der Waals surface area contributed by atoms with Crippen molar-refractivity contribution < 1.29 is 28.6 Å². The van der Waals surface area contributed by atoms with Gasteiger partial charge in [-0.15, -0.1) is 0 Å². The van der Waals surface area contributed by atoms with E-state index in [-0.39, 0.29) is 25.2 Å². The van der Waals surface area contributed by atoms with Gasteiger partial charge >= 0.3 is 11.8 Å². The van der Waals surface area contributed by atoms with Gasteiger partial charge in [0, 0.05) is 13.2 Å². The Morgan fingerprint density at radius 1 is 1.26 bits per heavy atom. The summed E-state index contributed by atoms with van der Waals surface area (Å²) in [7, 11) is 1.46. The van der Waals surface area contributed by atoms with E-state index in [1.165, 1.54) is 13.3 Å². The topological polar surface area (TPSA) is 127 Å². The van der Waals surface area contributed by atoms with E-state index < -0.39 is 11.8 Å². The number of ether oxygens (including phenoxy) is 3. The van der Waals surface area contributed by atoms with Gasteiger partial charge in [-0.2, -0.15) is 5.10 Å². The number of para-hydroxylation sites is 1. The zero-order valence-corrected chi connectivity index (χ0v) is 21.7. The second-order valence-electron chi connectivity index (χ2n) is 7.39. The highest BCUT2D eigenvalue weighted by atomic mass is 127. The summed E-state index contributed by atoms with van der Waals surface area (Å²) in [6.07, 6.45) is 3.10. The molecule has 35 heavy (non-hydrogen) atoms. The Bertz CT molecular complexity index is 1110. The predicted octanol–water partition coefficient (Wildman–Crippen LogP) is 2.72. The number of methoxy groups -OCH3 is 1.